The van der Waals surface area contributed by atoms with Crippen LogP contribution in [-0.4, -0.2) is 30.7 Å². The lowest BCUT2D eigenvalue weighted by Crippen LogP contribution is -2.08. The second-order valence-electron chi connectivity index (χ2n) is 2.14. The van der Waals surface area contributed by atoms with Crippen molar-refractivity contribution in [2.75, 3.05) is 0 Å². The Morgan fingerprint density at radius 2 is 1.33 bits per heavy atom. The molecule has 6 nitrogen and oxygen atoms in total. The Bertz CT molecular complexity index is 244. The van der Waals surface area contributed by atoms with Crippen LogP contribution in [0.4, 0.5) is 0 Å². The van der Waals surface area contributed by atoms with Crippen LogP contribution in [0.5, 0.6) is 0 Å². The minimum Gasteiger partial charge on any atom is -0.392 e. The van der Waals surface area contributed by atoms with Gasteiger partial charge < -0.3 is 15.3 Å². The largest absolute Gasteiger partial charge is 0.392 e. The third-order valence-corrected chi connectivity index (χ3v) is 1.49. The first-order chi connectivity index (χ1) is 5.83. The zero-order valence-corrected chi connectivity index (χ0v) is 6.30. The average molecular weight is 171 g/mol. The van der Waals surface area contributed by atoms with E-state index in [1.807, 2.05) is 0 Å². The summed E-state index contributed by atoms with van der Waals surface area (Å²) >= 11 is 0. The lowest BCUT2D eigenvalue weighted by Gasteiger charge is -2.04. The number of hydrogen-bond donors (Lipinski definition) is 3. The van der Waals surface area contributed by atoms with E-state index in [1.165, 1.54) is 0 Å². The highest BCUT2D eigenvalue weighted by Crippen LogP contribution is 2.08. The molecule has 1 heterocycles. The number of aromatic nitrogens is 3. The highest BCUT2D eigenvalue weighted by molar-refractivity contribution is 5.21. The standard InChI is InChI=1S/C6H9N3O3/c10-1-4-5(2-11)7-9-8-6(4)3-12/h10-12H,1-3H2. The van der Waals surface area contributed by atoms with Crippen LogP contribution < -0.4 is 0 Å². The second kappa shape index (κ2) is 4.05. The van der Waals surface area contributed by atoms with Gasteiger partial charge in [-0.25, -0.2) is 0 Å². The molecule has 1 aromatic heterocycles. The van der Waals surface area contributed by atoms with Gasteiger partial charge in [-0.1, -0.05) is 0 Å². The van der Waals surface area contributed by atoms with Crippen LogP contribution in [0.15, 0.2) is 0 Å². The van der Waals surface area contributed by atoms with Crippen LogP contribution in [0.3, 0.4) is 0 Å². The number of hydrogen-bond acceptors (Lipinski definition) is 6. The first-order valence-electron chi connectivity index (χ1n) is 3.36. The molecule has 0 saturated heterocycles. The van der Waals surface area contributed by atoms with Crippen LogP contribution in [-0.2, 0) is 19.8 Å². The summed E-state index contributed by atoms with van der Waals surface area (Å²) in [7, 11) is 0. The fraction of sp³-hybridized carbons (Fsp3) is 0.500. The first kappa shape index (κ1) is 8.98. The van der Waals surface area contributed by atoms with E-state index in [-0.39, 0.29) is 31.2 Å². The Labute approximate surface area is 68.5 Å². The van der Waals surface area contributed by atoms with Crippen molar-refractivity contribution in [2.24, 2.45) is 0 Å². The molecular weight excluding hydrogens is 162 g/mol. The molecule has 0 aliphatic carbocycles. The molecule has 0 aliphatic heterocycles. The maximum Gasteiger partial charge on any atom is 0.0977 e. The van der Waals surface area contributed by atoms with E-state index in [2.05, 4.69) is 15.4 Å². The molecule has 0 aliphatic rings. The van der Waals surface area contributed by atoms with E-state index >= 15 is 0 Å². The maximum atomic E-state index is 8.83. The summed E-state index contributed by atoms with van der Waals surface area (Å²) in [5.74, 6) is 0. The van der Waals surface area contributed by atoms with Gasteiger partial charge in [-0.2, -0.15) is 0 Å². The Kier molecular flexibility index (Phi) is 3.03. The topological polar surface area (TPSA) is 99.4 Å². The van der Waals surface area contributed by atoms with Gasteiger partial charge in [0.15, 0.2) is 0 Å². The van der Waals surface area contributed by atoms with E-state index in [9.17, 15) is 0 Å². The Morgan fingerprint density at radius 3 is 1.67 bits per heavy atom. The van der Waals surface area contributed by atoms with Gasteiger partial charge in [0.05, 0.1) is 31.2 Å². The van der Waals surface area contributed by atoms with Crippen molar-refractivity contribution in [3.05, 3.63) is 17.0 Å². The average Bonchev–Trinajstić information content (AvgIpc) is 2.16. The number of aliphatic hydroxyl groups excluding tert-OH is 3. The molecule has 0 aromatic carbocycles. The Morgan fingerprint density at radius 1 is 0.833 bits per heavy atom. The summed E-state index contributed by atoms with van der Waals surface area (Å²) in [5.41, 5.74) is 0.836. The predicted molar refractivity (Wildman–Crippen MR) is 37.6 cm³/mol. The third-order valence-electron chi connectivity index (χ3n) is 1.49. The van der Waals surface area contributed by atoms with Crippen molar-refractivity contribution >= 4 is 0 Å². The molecule has 0 bridgehead atoms. The SMILES string of the molecule is OCc1nnnc(CO)c1CO. The quantitative estimate of drug-likeness (QED) is 0.503. The van der Waals surface area contributed by atoms with E-state index in [1.54, 1.807) is 0 Å². The van der Waals surface area contributed by atoms with Gasteiger partial charge in [-0.3, -0.25) is 0 Å². The predicted octanol–water partition coefficient (Wildman–Crippen LogP) is -1.65. The van der Waals surface area contributed by atoms with Crippen molar-refractivity contribution in [1.82, 2.24) is 15.4 Å². The van der Waals surface area contributed by atoms with Crippen molar-refractivity contribution in [1.29, 1.82) is 0 Å². The smallest absolute Gasteiger partial charge is 0.0977 e. The summed E-state index contributed by atoms with van der Waals surface area (Å²) in [6.07, 6.45) is 0. The first-order valence-corrected chi connectivity index (χ1v) is 3.36. The Balaban J connectivity index is 3.13. The molecule has 0 atom stereocenters. The molecule has 12 heavy (non-hydrogen) atoms. The highest BCUT2D eigenvalue weighted by Gasteiger charge is 2.09. The van der Waals surface area contributed by atoms with Crippen LogP contribution >= 0.6 is 0 Å². The van der Waals surface area contributed by atoms with E-state index in [0.29, 0.717) is 5.56 Å². The summed E-state index contributed by atoms with van der Waals surface area (Å²) < 4.78 is 0. The zero-order chi connectivity index (χ0) is 8.97. The number of nitrogens with zero attached hydrogens (tertiary/aromatic N) is 3. The molecule has 66 valence electrons. The maximum absolute atomic E-state index is 8.83. The fourth-order valence-corrected chi connectivity index (χ4v) is 0.854. The van der Waals surface area contributed by atoms with Gasteiger partial charge in [-0.05, 0) is 5.21 Å². The molecule has 0 unspecified atom stereocenters. The van der Waals surface area contributed by atoms with Gasteiger partial charge in [0, 0.05) is 5.56 Å². The summed E-state index contributed by atoms with van der Waals surface area (Å²) in [4.78, 5) is 0. The molecule has 0 fully saturated rings. The normalized spacial score (nSPS) is 10.2. The van der Waals surface area contributed by atoms with Gasteiger partial charge in [0.25, 0.3) is 0 Å². The Hall–Kier alpha value is -1.11. The lowest BCUT2D eigenvalue weighted by molar-refractivity contribution is 0.237. The highest BCUT2D eigenvalue weighted by atomic mass is 16.3. The van der Waals surface area contributed by atoms with E-state index in [0.717, 1.165) is 0 Å². The fourth-order valence-electron chi connectivity index (χ4n) is 0.854. The molecule has 0 amide bonds. The third kappa shape index (κ3) is 1.55. The van der Waals surface area contributed by atoms with Crippen molar-refractivity contribution in [3.8, 4) is 0 Å². The van der Waals surface area contributed by atoms with Gasteiger partial charge >= 0.3 is 0 Å². The molecule has 0 saturated carbocycles. The van der Waals surface area contributed by atoms with Gasteiger partial charge in [0.2, 0.25) is 0 Å². The summed E-state index contributed by atoms with van der Waals surface area (Å²) in [5, 5.41) is 36.6. The molecule has 6 heteroatoms. The van der Waals surface area contributed by atoms with Crippen LogP contribution in [0.2, 0.25) is 0 Å². The lowest BCUT2D eigenvalue weighted by atomic mass is 10.2. The zero-order valence-electron chi connectivity index (χ0n) is 6.30. The van der Waals surface area contributed by atoms with Gasteiger partial charge in [0.1, 0.15) is 0 Å². The van der Waals surface area contributed by atoms with Crippen molar-refractivity contribution < 1.29 is 15.3 Å². The van der Waals surface area contributed by atoms with Crippen molar-refractivity contribution in [2.45, 2.75) is 19.8 Å². The van der Waals surface area contributed by atoms with Crippen LogP contribution in [0.25, 0.3) is 0 Å². The summed E-state index contributed by atoms with van der Waals surface area (Å²) in [6.45, 7) is -0.953. The molecule has 1 rings (SSSR count). The van der Waals surface area contributed by atoms with Gasteiger partial charge in [-0.15, -0.1) is 10.2 Å². The van der Waals surface area contributed by atoms with Crippen LogP contribution in [0, 0.1) is 0 Å². The minimum atomic E-state index is -0.321. The second-order valence-corrected chi connectivity index (χ2v) is 2.14. The van der Waals surface area contributed by atoms with Crippen LogP contribution in [0.1, 0.15) is 17.0 Å². The monoisotopic (exact) mass is 171 g/mol. The van der Waals surface area contributed by atoms with E-state index in [4.69, 9.17) is 15.3 Å². The molecule has 0 spiro atoms. The summed E-state index contributed by atoms with van der Waals surface area (Å²) in [6, 6.07) is 0. The molecule has 1 aromatic rings. The van der Waals surface area contributed by atoms with Crippen molar-refractivity contribution in [3.63, 3.8) is 0 Å². The number of rotatable bonds is 3. The minimum absolute atomic E-state index is 0.247. The molecular formula is C6H9N3O3. The van der Waals surface area contributed by atoms with E-state index < -0.39 is 0 Å². The molecule has 0 radical (unpaired) electrons. The number of aliphatic hydroxyl groups is 3. The molecule has 3 N–H and O–H groups in total.